The maximum absolute atomic E-state index is 13.3. The molecule has 0 aromatic heterocycles. The minimum atomic E-state index is -4.89. The van der Waals surface area contributed by atoms with Gasteiger partial charge in [0.1, 0.15) is 28.0 Å². The van der Waals surface area contributed by atoms with Crippen LogP contribution in [0.25, 0.3) is 0 Å². The molecule has 0 spiro atoms. The molecule has 3 aromatic rings. The van der Waals surface area contributed by atoms with Crippen molar-refractivity contribution < 1.29 is 49.5 Å². The fourth-order valence-electron chi connectivity index (χ4n) is 3.47. The van der Waals surface area contributed by atoms with Crippen molar-refractivity contribution in [1.82, 2.24) is 10.4 Å². The van der Waals surface area contributed by atoms with Crippen LogP contribution >= 0.6 is 0 Å². The number of nitrogens with zero attached hydrogens (tertiary/aromatic N) is 1. The lowest BCUT2D eigenvalue weighted by Gasteiger charge is -2.23. The number of aryl methyl sites for hydroxylation is 1. The molecule has 0 fully saturated rings. The number of sulfone groups is 2. The van der Waals surface area contributed by atoms with E-state index in [1.54, 1.807) is 19.1 Å². The lowest BCUT2D eigenvalue weighted by Crippen LogP contribution is -2.45. The van der Waals surface area contributed by atoms with Crippen LogP contribution in [-0.2, 0) is 24.5 Å². The van der Waals surface area contributed by atoms with Gasteiger partial charge < -0.3 is 14.8 Å². The minimum absolute atomic E-state index is 0.00776. The standard InChI is InChI=1S/C25H25F3N2O8S2/c1-18-6-12-22(13-7-18)40(35,36)16-29-14-19(30(32)17-31)15-39(33,34)24-5-3-2-4-23(24)37-20-8-10-21(11-9-20)38-25(26,27)28/h2-13,17,19,29,32H,14-16H2,1H3. The third kappa shape index (κ3) is 8.67. The van der Waals surface area contributed by atoms with Gasteiger partial charge in [-0.15, -0.1) is 13.2 Å². The van der Waals surface area contributed by atoms with E-state index in [0.29, 0.717) is 0 Å². The Bertz CT molecular complexity index is 1510. The molecule has 0 heterocycles. The predicted octanol–water partition coefficient (Wildman–Crippen LogP) is 3.70. The van der Waals surface area contributed by atoms with Crippen LogP contribution in [0.4, 0.5) is 13.2 Å². The second kappa shape index (κ2) is 12.7. The summed E-state index contributed by atoms with van der Waals surface area (Å²) in [4.78, 5) is 10.9. The number of hydroxylamine groups is 2. The summed E-state index contributed by atoms with van der Waals surface area (Å²) in [5.74, 6) is -2.08. The average Bonchev–Trinajstić information content (AvgIpc) is 2.88. The van der Waals surface area contributed by atoms with E-state index >= 15 is 0 Å². The first-order valence-corrected chi connectivity index (χ1v) is 14.8. The van der Waals surface area contributed by atoms with Crippen molar-refractivity contribution in [2.45, 2.75) is 29.1 Å². The number of ether oxygens (including phenoxy) is 2. The van der Waals surface area contributed by atoms with E-state index in [0.717, 1.165) is 29.8 Å². The van der Waals surface area contributed by atoms with Gasteiger partial charge >= 0.3 is 6.36 Å². The van der Waals surface area contributed by atoms with Crippen LogP contribution in [0.1, 0.15) is 5.56 Å². The van der Waals surface area contributed by atoms with Gasteiger partial charge in [-0.2, -0.15) is 0 Å². The van der Waals surface area contributed by atoms with E-state index < -0.39 is 56.0 Å². The zero-order valence-electron chi connectivity index (χ0n) is 20.9. The highest BCUT2D eigenvalue weighted by Gasteiger charge is 2.31. The van der Waals surface area contributed by atoms with Gasteiger partial charge in [0.05, 0.1) is 16.7 Å². The molecule has 0 radical (unpaired) electrons. The number of nitrogens with one attached hydrogen (secondary N) is 1. The maximum atomic E-state index is 13.3. The Morgan fingerprint density at radius 2 is 1.52 bits per heavy atom. The first kappa shape index (κ1) is 30.9. The fraction of sp³-hybridized carbons (Fsp3) is 0.240. The summed E-state index contributed by atoms with van der Waals surface area (Å²) in [6.45, 7) is 1.39. The SMILES string of the molecule is Cc1ccc(S(=O)(=O)CNCC(CS(=O)(=O)c2ccccc2Oc2ccc(OC(F)(F)F)cc2)N(O)C=O)cc1. The molecular weight excluding hydrogens is 577 g/mol. The number of hydrogen-bond acceptors (Lipinski definition) is 9. The van der Waals surface area contributed by atoms with Crippen molar-refractivity contribution in [3.8, 4) is 17.2 Å². The van der Waals surface area contributed by atoms with Gasteiger partial charge in [-0.1, -0.05) is 29.8 Å². The summed E-state index contributed by atoms with van der Waals surface area (Å²) < 4.78 is 98.2. The van der Waals surface area contributed by atoms with Crippen LogP contribution in [0.15, 0.2) is 82.6 Å². The van der Waals surface area contributed by atoms with Crippen LogP contribution in [0, 0.1) is 6.92 Å². The van der Waals surface area contributed by atoms with Gasteiger partial charge in [0.2, 0.25) is 6.41 Å². The van der Waals surface area contributed by atoms with Gasteiger partial charge in [0.25, 0.3) is 0 Å². The second-order valence-corrected chi connectivity index (χ2v) is 12.5. The lowest BCUT2D eigenvalue weighted by atomic mass is 10.2. The van der Waals surface area contributed by atoms with Gasteiger partial charge in [0.15, 0.2) is 19.7 Å². The van der Waals surface area contributed by atoms with Gasteiger partial charge in [-0.05, 0) is 55.5 Å². The Morgan fingerprint density at radius 3 is 2.12 bits per heavy atom. The quantitative estimate of drug-likeness (QED) is 0.170. The first-order valence-electron chi connectivity index (χ1n) is 11.5. The second-order valence-electron chi connectivity index (χ2n) is 8.51. The summed E-state index contributed by atoms with van der Waals surface area (Å²) in [5, 5.41) is 12.7. The molecule has 1 amide bonds. The third-order valence-electron chi connectivity index (χ3n) is 5.42. The molecule has 2 N–H and O–H groups in total. The van der Waals surface area contributed by atoms with Crippen LogP contribution in [0.5, 0.6) is 17.2 Å². The van der Waals surface area contributed by atoms with E-state index in [9.17, 15) is 40.0 Å². The number of carbonyl (C=O) groups is 1. The van der Waals surface area contributed by atoms with Crippen LogP contribution in [-0.4, -0.2) is 64.1 Å². The third-order valence-corrected chi connectivity index (χ3v) is 8.82. The number of para-hydroxylation sites is 1. The molecule has 0 aliphatic carbocycles. The normalized spacial score (nSPS) is 12.9. The highest BCUT2D eigenvalue weighted by atomic mass is 32.2. The van der Waals surface area contributed by atoms with E-state index in [1.165, 1.54) is 36.4 Å². The van der Waals surface area contributed by atoms with Crippen molar-refractivity contribution in [3.63, 3.8) is 0 Å². The molecule has 1 unspecified atom stereocenters. The number of hydrogen-bond donors (Lipinski definition) is 2. The predicted molar refractivity (Wildman–Crippen MR) is 136 cm³/mol. The van der Waals surface area contributed by atoms with Crippen molar-refractivity contribution in [1.29, 1.82) is 0 Å². The van der Waals surface area contributed by atoms with E-state index in [2.05, 4.69) is 10.1 Å². The molecule has 15 heteroatoms. The molecule has 0 aliphatic heterocycles. The highest BCUT2D eigenvalue weighted by molar-refractivity contribution is 7.91. The number of alkyl halides is 3. The molecular formula is C25H25F3N2O8S2. The fourth-order valence-corrected chi connectivity index (χ4v) is 6.24. The van der Waals surface area contributed by atoms with E-state index in [4.69, 9.17) is 4.74 Å². The molecule has 40 heavy (non-hydrogen) atoms. The Balaban J connectivity index is 1.74. The van der Waals surface area contributed by atoms with Gasteiger partial charge in [0, 0.05) is 6.54 Å². The summed E-state index contributed by atoms with van der Waals surface area (Å²) in [6, 6.07) is 14.3. The topological polar surface area (TPSA) is 139 Å². The smallest absolute Gasteiger partial charge is 0.456 e. The lowest BCUT2D eigenvalue weighted by molar-refractivity contribution is -0.274. The van der Waals surface area contributed by atoms with Crippen molar-refractivity contribution in [2.24, 2.45) is 0 Å². The number of halogens is 3. The largest absolute Gasteiger partial charge is 0.573 e. The molecule has 3 aromatic carbocycles. The zero-order valence-corrected chi connectivity index (χ0v) is 22.5. The Kier molecular flexibility index (Phi) is 9.78. The summed E-state index contributed by atoms with van der Waals surface area (Å²) >= 11 is 0. The van der Waals surface area contributed by atoms with E-state index in [1.807, 2.05) is 0 Å². The molecule has 3 rings (SSSR count). The van der Waals surface area contributed by atoms with Gasteiger partial charge in [-0.25, -0.2) is 21.9 Å². The summed E-state index contributed by atoms with van der Waals surface area (Å²) in [6.07, 6.45) is -4.90. The first-order chi connectivity index (χ1) is 18.7. The molecule has 1 atom stereocenters. The minimum Gasteiger partial charge on any atom is -0.456 e. The van der Waals surface area contributed by atoms with Crippen LogP contribution < -0.4 is 14.8 Å². The van der Waals surface area contributed by atoms with Crippen molar-refractivity contribution in [2.75, 3.05) is 18.2 Å². The number of carbonyl (C=O) groups excluding carboxylic acids is 1. The Morgan fingerprint density at radius 1 is 0.925 bits per heavy atom. The molecule has 0 bridgehead atoms. The van der Waals surface area contributed by atoms with Crippen LogP contribution in [0.3, 0.4) is 0 Å². The molecule has 0 saturated heterocycles. The van der Waals surface area contributed by atoms with Crippen molar-refractivity contribution >= 4 is 26.1 Å². The highest BCUT2D eigenvalue weighted by Crippen LogP contribution is 2.32. The zero-order chi connectivity index (χ0) is 29.6. The molecule has 0 saturated carbocycles. The molecule has 10 nitrogen and oxygen atoms in total. The summed E-state index contributed by atoms with van der Waals surface area (Å²) in [7, 11) is -8.06. The Labute approximate surface area is 228 Å². The number of amides is 1. The van der Waals surface area contributed by atoms with Crippen molar-refractivity contribution in [3.05, 3.63) is 78.4 Å². The average molecular weight is 603 g/mol. The van der Waals surface area contributed by atoms with E-state index in [-0.39, 0.29) is 32.8 Å². The number of benzene rings is 3. The molecule has 0 aliphatic rings. The maximum Gasteiger partial charge on any atom is 0.573 e. The monoisotopic (exact) mass is 602 g/mol. The van der Waals surface area contributed by atoms with Crippen LogP contribution in [0.2, 0.25) is 0 Å². The Hall–Kier alpha value is -3.66. The number of rotatable bonds is 13. The van der Waals surface area contributed by atoms with Gasteiger partial charge in [-0.3, -0.25) is 10.0 Å². The summed E-state index contributed by atoms with van der Waals surface area (Å²) in [5.41, 5.74) is 0.857. The molecule has 216 valence electrons.